The zero-order valence-electron chi connectivity index (χ0n) is 5.10. The monoisotopic (exact) mass is 171 g/mol. The van der Waals surface area contributed by atoms with E-state index in [4.69, 9.17) is 5.11 Å². The first kappa shape index (κ1) is 8.28. The third kappa shape index (κ3) is 1.29. The lowest BCUT2D eigenvalue weighted by Gasteiger charge is -2.21. The lowest BCUT2D eigenvalue weighted by molar-refractivity contribution is -0.361. The Morgan fingerprint density at radius 1 is 1.64 bits per heavy atom. The van der Waals surface area contributed by atoms with E-state index < -0.39 is 24.3 Å². The van der Waals surface area contributed by atoms with Crippen LogP contribution in [0.3, 0.4) is 0 Å². The summed E-state index contributed by atoms with van der Waals surface area (Å²) in [4.78, 5) is 13.9. The van der Waals surface area contributed by atoms with Gasteiger partial charge >= 0.3 is 6.18 Å². The summed E-state index contributed by atoms with van der Waals surface area (Å²) in [6.45, 7) is 0. The Bertz CT molecular complexity index is 192. The van der Waals surface area contributed by atoms with Crippen LogP contribution in [0.1, 0.15) is 6.42 Å². The van der Waals surface area contributed by atoms with E-state index in [9.17, 15) is 18.0 Å². The molecule has 0 radical (unpaired) electrons. The van der Waals surface area contributed by atoms with Gasteiger partial charge in [0.1, 0.15) is 0 Å². The zero-order valence-corrected chi connectivity index (χ0v) is 5.10. The number of hydrogen-bond donors (Lipinski definition) is 2. The number of rotatable bonds is 0. The van der Waals surface area contributed by atoms with Gasteiger partial charge in [-0.15, -0.1) is 0 Å². The van der Waals surface area contributed by atoms with Gasteiger partial charge in [-0.05, 0) is 0 Å². The van der Waals surface area contributed by atoms with E-state index in [2.05, 4.69) is 4.84 Å². The molecular weight excluding hydrogens is 167 g/mol. The quantitative estimate of drug-likeness (QED) is 0.525. The third-order valence-corrected chi connectivity index (χ3v) is 1.18. The van der Waals surface area contributed by atoms with E-state index >= 15 is 0 Å². The molecule has 4 nitrogen and oxygen atoms in total. The van der Waals surface area contributed by atoms with Crippen LogP contribution in [0.15, 0.2) is 0 Å². The molecule has 64 valence electrons. The molecule has 0 aromatic heterocycles. The molecule has 0 saturated carbocycles. The molecule has 0 bridgehead atoms. The summed E-state index contributed by atoms with van der Waals surface area (Å²) in [7, 11) is 0. The van der Waals surface area contributed by atoms with Gasteiger partial charge in [0.2, 0.25) is 5.91 Å². The van der Waals surface area contributed by atoms with E-state index in [1.807, 2.05) is 0 Å². The van der Waals surface area contributed by atoms with Crippen molar-refractivity contribution in [2.24, 2.45) is 0 Å². The van der Waals surface area contributed by atoms with Crippen LogP contribution < -0.4 is 5.48 Å². The number of aliphatic hydroxyl groups is 1. The van der Waals surface area contributed by atoms with Crippen molar-refractivity contribution in [3.05, 3.63) is 0 Å². The fraction of sp³-hybridized carbons (Fsp3) is 0.750. The summed E-state index contributed by atoms with van der Waals surface area (Å²) in [5, 5.41) is 8.57. The van der Waals surface area contributed by atoms with Crippen LogP contribution >= 0.6 is 0 Å². The molecule has 7 heteroatoms. The zero-order chi connectivity index (χ0) is 8.70. The van der Waals surface area contributed by atoms with E-state index in [-0.39, 0.29) is 0 Å². The molecule has 1 atom stereocenters. The van der Waals surface area contributed by atoms with Gasteiger partial charge in [-0.1, -0.05) is 0 Å². The van der Waals surface area contributed by atoms with E-state index in [1.165, 1.54) is 5.48 Å². The van der Waals surface area contributed by atoms with Crippen molar-refractivity contribution in [1.82, 2.24) is 5.48 Å². The van der Waals surface area contributed by atoms with Crippen molar-refractivity contribution in [1.29, 1.82) is 0 Å². The number of carbonyl (C=O) groups is 1. The standard InChI is InChI=1S/C4H4F3NO3/c5-4(6,7)3(10)1-2(9)8-11-3/h10H,1H2,(H,8,9). The first-order valence-corrected chi connectivity index (χ1v) is 2.61. The van der Waals surface area contributed by atoms with Crippen molar-refractivity contribution in [2.75, 3.05) is 0 Å². The van der Waals surface area contributed by atoms with Gasteiger partial charge in [-0.25, -0.2) is 10.3 Å². The van der Waals surface area contributed by atoms with E-state index in [0.29, 0.717) is 0 Å². The van der Waals surface area contributed by atoms with Crippen LogP contribution in [-0.2, 0) is 9.63 Å². The highest BCUT2D eigenvalue weighted by Crippen LogP contribution is 2.35. The molecule has 0 aromatic carbocycles. The van der Waals surface area contributed by atoms with Crippen LogP contribution in [0.25, 0.3) is 0 Å². The van der Waals surface area contributed by atoms with Crippen LogP contribution in [0.2, 0.25) is 0 Å². The minimum absolute atomic E-state index is 0.996. The van der Waals surface area contributed by atoms with Gasteiger partial charge in [-0.2, -0.15) is 13.2 Å². The first-order chi connectivity index (χ1) is 4.85. The van der Waals surface area contributed by atoms with Gasteiger partial charge in [-0.3, -0.25) is 4.79 Å². The topological polar surface area (TPSA) is 58.6 Å². The maximum atomic E-state index is 11.8. The van der Waals surface area contributed by atoms with Crippen molar-refractivity contribution >= 4 is 5.91 Å². The SMILES string of the molecule is O=C1CC(O)(C(F)(F)F)ON1. The summed E-state index contributed by atoms with van der Waals surface area (Å²) in [6.07, 6.45) is -6.07. The molecule has 0 aliphatic carbocycles. The Morgan fingerprint density at radius 2 is 2.18 bits per heavy atom. The minimum Gasteiger partial charge on any atom is -0.356 e. The molecule has 1 fully saturated rings. The Balaban J connectivity index is 2.77. The third-order valence-electron chi connectivity index (χ3n) is 1.18. The van der Waals surface area contributed by atoms with Crippen LogP contribution in [0.4, 0.5) is 13.2 Å². The molecule has 1 aliphatic rings. The normalized spacial score (nSPS) is 32.2. The average molecular weight is 171 g/mol. The Hall–Kier alpha value is -0.820. The summed E-state index contributed by atoms with van der Waals surface area (Å²) in [5.74, 6) is -4.35. The largest absolute Gasteiger partial charge is 0.445 e. The molecule has 11 heavy (non-hydrogen) atoms. The maximum absolute atomic E-state index is 11.8. The fourth-order valence-electron chi connectivity index (χ4n) is 0.589. The number of hydrogen-bond acceptors (Lipinski definition) is 3. The lowest BCUT2D eigenvalue weighted by atomic mass is 10.2. The Morgan fingerprint density at radius 3 is 2.36 bits per heavy atom. The number of hydroxylamine groups is 1. The molecule has 1 rings (SSSR count). The maximum Gasteiger partial charge on any atom is 0.445 e. The highest BCUT2D eigenvalue weighted by atomic mass is 19.4. The van der Waals surface area contributed by atoms with Gasteiger partial charge < -0.3 is 5.11 Å². The second kappa shape index (κ2) is 2.08. The highest BCUT2D eigenvalue weighted by Gasteiger charge is 2.60. The number of carbonyl (C=O) groups excluding carboxylic acids is 1. The second-order valence-corrected chi connectivity index (χ2v) is 2.09. The fourth-order valence-corrected chi connectivity index (χ4v) is 0.589. The predicted octanol–water partition coefficient (Wildman–Crippen LogP) is -0.311. The molecule has 1 saturated heterocycles. The lowest BCUT2D eigenvalue weighted by Crippen LogP contribution is -2.45. The Labute approximate surface area is 58.9 Å². The van der Waals surface area contributed by atoms with Crippen molar-refractivity contribution < 1.29 is 27.9 Å². The van der Waals surface area contributed by atoms with Crippen LogP contribution in [0, 0.1) is 0 Å². The first-order valence-electron chi connectivity index (χ1n) is 2.61. The summed E-state index contributed by atoms with van der Waals surface area (Å²) >= 11 is 0. The molecule has 0 aromatic rings. The number of amides is 1. The Kier molecular flexibility index (Phi) is 1.57. The molecule has 2 N–H and O–H groups in total. The van der Waals surface area contributed by atoms with Crippen LogP contribution in [-0.4, -0.2) is 23.0 Å². The molecule has 1 heterocycles. The molecule has 1 unspecified atom stereocenters. The predicted molar refractivity (Wildman–Crippen MR) is 24.8 cm³/mol. The number of alkyl halides is 3. The minimum atomic E-state index is -4.95. The molecular formula is C4H4F3NO3. The highest BCUT2D eigenvalue weighted by molar-refractivity contribution is 5.77. The number of nitrogens with one attached hydrogen (secondary N) is 1. The summed E-state index contributed by atoms with van der Waals surface area (Å²) in [6, 6.07) is 0. The van der Waals surface area contributed by atoms with Gasteiger partial charge in [0, 0.05) is 0 Å². The van der Waals surface area contributed by atoms with E-state index in [0.717, 1.165) is 0 Å². The van der Waals surface area contributed by atoms with Crippen molar-refractivity contribution in [3.8, 4) is 0 Å². The van der Waals surface area contributed by atoms with Crippen molar-refractivity contribution in [3.63, 3.8) is 0 Å². The van der Waals surface area contributed by atoms with E-state index in [1.54, 1.807) is 0 Å². The number of halogens is 3. The smallest absolute Gasteiger partial charge is 0.356 e. The summed E-state index contributed by atoms with van der Waals surface area (Å²) < 4.78 is 35.3. The molecule has 0 spiro atoms. The van der Waals surface area contributed by atoms with Crippen molar-refractivity contribution in [2.45, 2.75) is 18.4 Å². The molecule has 1 aliphatic heterocycles. The van der Waals surface area contributed by atoms with Crippen LogP contribution in [0.5, 0.6) is 0 Å². The average Bonchev–Trinajstić information content (AvgIpc) is 2.10. The summed E-state index contributed by atoms with van der Waals surface area (Å²) in [5.41, 5.74) is 1.41. The van der Waals surface area contributed by atoms with Gasteiger partial charge in [0.05, 0.1) is 6.42 Å². The van der Waals surface area contributed by atoms with Gasteiger partial charge in [0.15, 0.2) is 0 Å². The second-order valence-electron chi connectivity index (χ2n) is 2.09. The molecule has 1 amide bonds. The van der Waals surface area contributed by atoms with Gasteiger partial charge in [0.25, 0.3) is 5.79 Å².